The first kappa shape index (κ1) is 7.19. The molecule has 0 spiro atoms. The molecule has 1 rings (SSSR count). The molecule has 1 N–H and O–H groups in total. The summed E-state index contributed by atoms with van der Waals surface area (Å²) in [5, 5.41) is 9.05. The Morgan fingerprint density at radius 2 is 2.18 bits per heavy atom. The maximum absolute atomic E-state index is 10.5. The number of hydrogen-bond acceptors (Lipinski definition) is 4. The smallest absolute Gasteiger partial charge is 0.270 e. The fraction of sp³-hybridized carbons (Fsp3) is 0. The number of aromatic amines is 1. The number of hydrogen-bond donors (Lipinski definition) is 1. The van der Waals surface area contributed by atoms with Crippen LogP contribution in [-0.2, 0) is 0 Å². The van der Waals surface area contributed by atoms with Crippen molar-refractivity contribution >= 4 is 0 Å². The van der Waals surface area contributed by atoms with Crippen molar-refractivity contribution in [2.45, 2.75) is 0 Å². The summed E-state index contributed by atoms with van der Waals surface area (Å²) in [5.41, 5.74) is -1.71. The van der Waals surface area contributed by atoms with E-state index in [9.17, 15) is 19.7 Å². The van der Waals surface area contributed by atoms with Crippen LogP contribution in [0, 0.1) is 10.1 Å². The minimum atomic E-state index is -1.05. The molecule has 7 heteroatoms. The summed E-state index contributed by atoms with van der Waals surface area (Å²) in [6, 6.07) is 0.893. The number of rotatable bonds is 1. The highest BCUT2D eigenvalue weighted by Gasteiger charge is 2.03. The van der Waals surface area contributed by atoms with Gasteiger partial charge >= 0.3 is 5.69 Å². The molecule has 0 aromatic carbocycles. The average Bonchev–Trinajstić information content (AvgIpc) is 1.85. The molecule has 0 aliphatic heterocycles. The average molecular weight is 157 g/mol. The number of nitrogens with zero attached hydrogens (tertiary/aromatic N) is 2. The van der Waals surface area contributed by atoms with Gasteiger partial charge in [-0.25, -0.2) is 14.9 Å². The highest BCUT2D eigenvalue weighted by molar-refractivity contribution is 4.79. The zero-order valence-corrected chi connectivity index (χ0v) is 5.18. The van der Waals surface area contributed by atoms with Crippen molar-refractivity contribution in [3.63, 3.8) is 0 Å². The third kappa shape index (κ3) is 1.31. The number of nitrogens with one attached hydrogen (secondary N) is 1. The molecule has 0 aliphatic rings. The van der Waals surface area contributed by atoms with Crippen LogP contribution in [0.3, 0.4) is 0 Å². The van der Waals surface area contributed by atoms with Crippen molar-refractivity contribution in [1.82, 2.24) is 9.66 Å². The van der Waals surface area contributed by atoms with Gasteiger partial charge in [-0.05, 0) is 4.68 Å². The highest BCUT2D eigenvalue weighted by atomic mass is 16.7. The zero-order chi connectivity index (χ0) is 8.43. The van der Waals surface area contributed by atoms with Gasteiger partial charge in [-0.2, -0.15) is 0 Å². The predicted octanol–water partition coefficient (Wildman–Crippen LogP) is -1.42. The Kier molecular flexibility index (Phi) is 1.55. The molecular weight excluding hydrogens is 154 g/mol. The van der Waals surface area contributed by atoms with E-state index in [1.807, 2.05) is 0 Å². The summed E-state index contributed by atoms with van der Waals surface area (Å²) >= 11 is 0. The van der Waals surface area contributed by atoms with Crippen LogP contribution in [0.1, 0.15) is 0 Å². The SMILES string of the molecule is O=c1ccn([N+](=O)[O-])c(=O)[nH]1. The molecule has 58 valence electrons. The molecule has 0 saturated heterocycles. The number of H-pyrrole nitrogens is 1. The minimum absolute atomic E-state index is 0.182. The van der Waals surface area contributed by atoms with Crippen molar-refractivity contribution < 1.29 is 5.03 Å². The van der Waals surface area contributed by atoms with Gasteiger partial charge in [-0.15, -0.1) is 0 Å². The predicted molar refractivity (Wildman–Crippen MR) is 33.7 cm³/mol. The van der Waals surface area contributed by atoms with Crippen LogP contribution in [0.25, 0.3) is 0 Å². The second-order valence-electron chi connectivity index (χ2n) is 1.69. The van der Waals surface area contributed by atoms with Gasteiger partial charge in [-0.3, -0.25) is 9.78 Å². The van der Waals surface area contributed by atoms with Crippen LogP contribution in [0.4, 0.5) is 0 Å². The van der Waals surface area contributed by atoms with Gasteiger partial charge in [-0.1, -0.05) is 0 Å². The van der Waals surface area contributed by atoms with E-state index in [0.717, 1.165) is 12.3 Å². The third-order valence-corrected chi connectivity index (χ3v) is 0.981. The molecule has 0 bridgehead atoms. The summed E-state index contributed by atoms with van der Waals surface area (Å²) < 4.78 is 0.182. The number of nitro groups is 1. The maximum Gasteiger partial charge on any atom is 0.387 e. The standard InChI is InChI=1S/C4H3N3O4/c8-3-1-2-6(7(10)11)4(9)5-3/h1-2H,(H,5,8,9). The maximum atomic E-state index is 10.5. The summed E-state index contributed by atoms with van der Waals surface area (Å²) in [6.07, 6.45) is 0.793. The summed E-state index contributed by atoms with van der Waals surface area (Å²) in [5.74, 6) is 0. The van der Waals surface area contributed by atoms with Crippen LogP contribution in [0.5, 0.6) is 0 Å². The molecule has 0 atom stereocenters. The molecule has 1 aromatic heterocycles. The van der Waals surface area contributed by atoms with E-state index in [-0.39, 0.29) is 4.68 Å². The molecule has 0 unspecified atom stereocenters. The highest BCUT2D eigenvalue weighted by Crippen LogP contribution is 1.70. The molecule has 0 radical (unpaired) electrons. The van der Waals surface area contributed by atoms with E-state index < -0.39 is 16.3 Å². The molecule has 1 heterocycles. The number of aromatic nitrogens is 2. The molecule has 0 aliphatic carbocycles. The van der Waals surface area contributed by atoms with E-state index in [2.05, 4.69) is 0 Å². The normalized spacial score (nSPS) is 9.45. The Labute approximate surface area is 59.0 Å². The lowest BCUT2D eigenvalue weighted by Crippen LogP contribution is -2.32. The van der Waals surface area contributed by atoms with Gasteiger partial charge in [0.15, 0.2) is 5.03 Å². The Morgan fingerprint density at radius 1 is 1.55 bits per heavy atom. The first-order chi connectivity index (χ1) is 5.11. The van der Waals surface area contributed by atoms with Gasteiger partial charge < -0.3 is 0 Å². The topological polar surface area (TPSA) is 98.0 Å². The van der Waals surface area contributed by atoms with Crippen LogP contribution in [0.15, 0.2) is 21.9 Å². The minimum Gasteiger partial charge on any atom is -0.270 e. The van der Waals surface area contributed by atoms with Gasteiger partial charge in [0, 0.05) is 6.07 Å². The van der Waals surface area contributed by atoms with E-state index in [1.54, 1.807) is 4.98 Å². The van der Waals surface area contributed by atoms with Gasteiger partial charge in [0.2, 0.25) is 0 Å². The first-order valence-corrected chi connectivity index (χ1v) is 2.58. The summed E-state index contributed by atoms with van der Waals surface area (Å²) in [7, 11) is 0. The third-order valence-electron chi connectivity index (χ3n) is 0.981. The second kappa shape index (κ2) is 2.37. The lowest BCUT2D eigenvalue weighted by atomic mass is 10.7. The summed E-state index contributed by atoms with van der Waals surface area (Å²) in [6.45, 7) is 0. The Hall–Kier alpha value is -1.92. The van der Waals surface area contributed by atoms with Crippen molar-refractivity contribution in [2.75, 3.05) is 0 Å². The van der Waals surface area contributed by atoms with E-state index in [4.69, 9.17) is 0 Å². The molecule has 0 saturated carbocycles. The zero-order valence-electron chi connectivity index (χ0n) is 5.18. The van der Waals surface area contributed by atoms with Crippen LogP contribution < -0.4 is 11.2 Å². The van der Waals surface area contributed by atoms with Crippen molar-refractivity contribution in [2.24, 2.45) is 0 Å². The van der Waals surface area contributed by atoms with Crippen LogP contribution in [-0.4, -0.2) is 14.7 Å². The van der Waals surface area contributed by atoms with Crippen LogP contribution in [0.2, 0.25) is 0 Å². The fourth-order valence-corrected chi connectivity index (χ4v) is 0.539. The van der Waals surface area contributed by atoms with Gasteiger partial charge in [0.05, 0.1) is 6.20 Å². The van der Waals surface area contributed by atoms with Crippen LogP contribution >= 0.6 is 0 Å². The largest absolute Gasteiger partial charge is 0.387 e. The van der Waals surface area contributed by atoms with Crippen molar-refractivity contribution in [3.05, 3.63) is 43.2 Å². The molecule has 7 nitrogen and oxygen atoms in total. The Bertz CT molecular complexity index is 389. The second-order valence-corrected chi connectivity index (χ2v) is 1.69. The van der Waals surface area contributed by atoms with Gasteiger partial charge in [0.25, 0.3) is 5.56 Å². The van der Waals surface area contributed by atoms with E-state index in [0.29, 0.717) is 0 Å². The van der Waals surface area contributed by atoms with Gasteiger partial charge in [0.1, 0.15) is 0 Å². The molecule has 0 amide bonds. The fourth-order valence-electron chi connectivity index (χ4n) is 0.539. The Morgan fingerprint density at radius 3 is 2.64 bits per heavy atom. The molecule has 0 fully saturated rings. The lowest BCUT2D eigenvalue weighted by molar-refractivity contribution is -0.545. The lowest BCUT2D eigenvalue weighted by Gasteiger charge is -1.89. The monoisotopic (exact) mass is 157 g/mol. The Balaban J connectivity index is 3.43. The molecule has 1 aromatic rings. The quantitative estimate of drug-likeness (QED) is 0.399. The molecule has 11 heavy (non-hydrogen) atoms. The van der Waals surface area contributed by atoms with Crippen molar-refractivity contribution in [1.29, 1.82) is 0 Å². The molecular formula is C4H3N3O4. The first-order valence-electron chi connectivity index (χ1n) is 2.58. The van der Waals surface area contributed by atoms with E-state index in [1.165, 1.54) is 0 Å². The van der Waals surface area contributed by atoms with Crippen molar-refractivity contribution in [3.8, 4) is 0 Å². The van der Waals surface area contributed by atoms with E-state index >= 15 is 0 Å². The summed E-state index contributed by atoms with van der Waals surface area (Å²) in [4.78, 5) is 32.6.